The Kier molecular flexibility index (Phi) is 10.1. The Morgan fingerprint density at radius 3 is 2.20 bits per heavy atom. The van der Waals surface area contributed by atoms with Crippen LogP contribution in [0.3, 0.4) is 0 Å². The molecule has 6 bridgehead atoms. The minimum Gasteiger partial charge on any atom is -0.393 e. The van der Waals surface area contributed by atoms with E-state index in [1.807, 2.05) is 60.7 Å². The number of hydrogen-bond donors (Lipinski definition) is 2. The van der Waals surface area contributed by atoms with Gasteiger partial charge in [0.15, 0.2) is 5.78 Å². The number of aliphatic hydroxyl groups excluding tert-OH is 1. The standard InChI is InChI=1S/C47H59NO5S/c1-32-10-9-20-45(2)43(19-21-47(45,51)31-48(54(3,52)53)30-46-27-34-22-35(28-46)24-36(23-34)29-46)40-18-16-33(25-38(49)17-15-32)26-42(40)44(50)41-14-8-7-13-39(41)37-11-5-4-6-12-37/h4-8,10-14,16,18,26,34-36,38,43,49,51H,9,15,17,19-25,27-31H2,1-3H3. The molecule has 5 saturated carbocycles. The van der Waals surface area contributed by atoms with Crippen molar-refractivity contribution in [2.75, 3.05) is 19.3 Å². The third kappa shape index (κ3) is 7.19. The molecule has 0 aromatic heterocycles. The third-order valence-electron chi connectivity index (χ3n) is 14.8. The highest BCUT2D eigenvalue weighted by molar-refractivity contribution is 7.88. The number of rotatable bonds is 8. The van der Waals surface area contributed by atoms with E-state index in [1.54, 1.807) is 4.31 Å². The van der Waals surface area contributed by atoms with E-state index in [0.29, 0.717) is 67.5 Å². The highest BCUT2D eigenvalue weighted by Gasteiger charge is 2.59. The van der Waals surface area contributed by atoms with Crippen molar-refractivity contribution in [3.63, 3.8) is 0 Å². The van der Waals surface area contributed by atoms with Crippen molar-refractivity contribution in [1.29, 1.82) is 0 Å². The van der Waals surface area contributed by atoms with Gasteiger partial charge >= 0.3 is 0 Å². The molecule has 5 fully saturated rings. The summed E-state index contributed by atoms with van der Waals surface area (Å²) in [5, 5.41) is 24.3. The van der Waals surface area contributed by atoms with E-state index in [9.17, 15) is 18.6 Å². The van der Waals surface area contributed by atoms with Crippen LogP contribution in [0.2, 0.25) is 0 Å². The quantitative estimate of drug-likeness (QED) is 0.177. The maximum absolute atomic E-state index is 15.0. The van der Waals surface area contributed by atoms with Gasteiger partial charge in [0, 0.05) is 29.6 Å². The lowest BCUT2D eigenvalue weighted by molar-refractivity contribution is -0.0919. The number of sulfonamides is 1. The zero-order valence-electron chi connectivity index (χ0n) is 32.5. The van der Waals surface area contributed by atoms with Gasteiger partial charge in [-0.3, -0.25) is 4.79 Å². The Morgan fingerprint density at radius 2 is 1.52 bits per heavy atom. The maximum atomic E-state index is 15.0. The molecule has 0 saturated heterocycles. The van der Waals surface area contributed by atoms with Crippen LogP contribution in [0.5, 0.6) is 0 Å². The van der Waals surface area contributed by atoms with E-state index >= 15 is 4.79 Å². The molecule has 3 aromatic rings. The summed E-state index contributed by atoms with van der Waals surface area (Å²) >= 11 is 0. The first-order valence-corrected chi connectivity index (χ1v) is 22.4. The minimum absolute atomic E-state index is 0.00232. The smallest absolute Gasteiger partial charge is 0.211 e. The molecule has 0 radical (unpaired) electrons. The van der Waals surface area contributed by atoms with Crippen molar-refractivity contribution in [2.45, 2.75) is 115 Å². The molecule has 10 rings (SSSR count). The average Bonchev–Trinajstić information content (AvgIpc) is 3.38. The van der Waals surface area contributed by atoms with Crippen LogP contribution in [0.4, 0.5) is 0 Å². The lowest BCUT2D eigenvalue weighted by Crippen LogP contribution is -2.57. The van der Waals surface area contributed by atoms with E-state index in [1.165, 1.54) is 31.1 Å². The van der Waals surface area contributed by atoms with E-state index in [4.69, 9.17) is 0 Å². The Bertz CT molecular complexity index is 1990. The SMILES string of the molecule is CC1=CCCC2(C)C(CCC2(O)CN(CC23CC4CC(CC(C4)C2)C3)S(C)(=O)=O)c2ccc(cc2C(=O)c2ccccc2-c2ccccc2)CC(O)CC1. The summed E-state index contributed by atoms with van der Waals surface area (Å²) in [6, 6.07) is 23.9. The number of ketones is 1. The van der Waals surface area contributed by atoms with Gasteiger partial charge in [-0.1, -0.05) is 85.3 Å². The largest absolute Gasteiger partial charge is 0.393 e. The summed E-state index contributed by atoms with van der Waals surface area (Å²) in [6.45, 7) is 4.85. The molecular formula is C47H59NO5S. The second-order valence-corrected chi connectivity index (χ2v) is 20.6. The van der Waals surface area contributed by atoms with Gasteiger partial charge in [-0.25, -0.2) is 8.42 Å². The first-order chi connectivity index (χ1) is 25.7. The van der Waals surface area contributed by atoms with Crippen LogP contribution in [-0.2, 0) is 16.4 Å². The maximum Gasteiger partial charge on any atom is 0.211 e. The highest BCUT2D eigenvalue weighted by atomic mass is 32.2. The molecule has 7 aliphatic rings. The van der Waals surface area contributed by atoms with Crippen molar-refractivity contribution in [2.24, 2.45) is 28.6 Å². The highest BCUT2D eigenvalue weighted by Crippen LogP contribution is 2.62. The van der Waals surface area contributed by atoms with Crippen LogP contribution >= 0.6 is 0 Å². The van der Waals surface area contributed by atoms with E-state index in [-0.39, 0.29) is 23.7 Å². The number of fused-ring (bicyclic) bond motifs is 8. The topological polar surface area (TPSA) is 94.9 Å². The van der Waals surface area contributed by atoms with Gasteiger partial charge in [0.1, 0.15) is 0 Å². The fourth-order valence-corrected chi connectivity index (χ4v) is 13.3. The molecule has 0 heterocycles. The van der Waals surface area contributed by atoms with Crippen LogP contribution in [0.25, 0.3) is 11.1 Å². The van der Waals surface area contributed by atoms with Gasteiger partial charge in [0.2, 0.25) is 10.0 Å². The van der Waals surface area contributed by atoms with Crippen molar-refractivity contribution in [3.05, 3.63) is 107 Å². The van der Waals surface area contributed by atoms with Crippen LogP contribution in [0.1, 0.15) is 124 Å². The molecule has 288 valence electrons. The van der Waals surface area contributed by atoms with Crippen molar-refractivity contribution < 1.29 is 23.4 Å². The van der Waals surface area contributed by atoms with Gasteiger partial charge in [-0.2, -0.15) is 4.31 Å². The Balaban J connectivity index is 1.20. The second kappa shape index (κ2) is 14.4. The first kappa shape index (κ1) is 37.8. The summed E-state index contributed by atoms with van der Waals surface area (Å²) in [5.41, 5.74) is 4.11. The van der Waals surface area contributed by atoms with E-state index in [2.05, 4.69) is 32.1 Å². The third-order valence-corrected chi connectivity index (χ3v) is 16.0. The van der Waals surface area contributed by atoms with Gasteiger partial charge in [0.25, 0.3) is 0 Å². The number of aliphatic hydroxyl groups is 2. The van der Waals surface area contributed by atoms with Crippen molar-refractivity contribution in [3.8, 4) is 11.1 Å². The predicted octanol–water partition coefficient (Wildman–Crippen LogP) is 9.10. The molecule has 2 N–H and O–H groups in total. The van der Waals surface area contributed by atoms with Crippen LogP contribution in [0.15, 0.2) is 84.4 Å². The fourth-order valence-electron chi connectivity index (χ4n) is 12.3. The molecular weight excluding hydrogens is 691 g/mol. The number of carbonyl (C=O) groups excluding carboxylic acids is 1. The number of allylic oxidation sites excluding steroid dienone is 2. The van der Waals surface area contributed by atoms with E-state index < -0.39 is 27.1 Å². The van der Waals surface area contributed by atoms with E-state index in [0.717, 1.165) is 54.4 Å². The number of hydrogen-bond acceptors (Lipinski definition) is 5. The van der Waals surface area contributed by atoms with Gasteiger partial charge in [0.05, 0.1) is 18.0 Å². The molecule has 0 spiro atoms. The summed E-state index contributed by atoms with van der Waals surface area (Å²) < 4.78 is 29.2. The minimum atomic E-state index is -3.62. The van der Waals surface area contributed by atoms with Crippen LogP contribution < -0.4 is 0 Å². The van der Waals surface area contributed by atoms with Crippen LogP contribution in [0, 0.1) is 28.6 Å². The number of carbonyl (C=O) groups is 1. The molecule has 6 nitrogen and oxygen atoms in total. The van der Waals surface area contributed by atoms with Gasteiger partial charge in [-0.15, -0.1) is 0 Å². The lowest BCUT2D eigenvalue weighted by atomic mass is 9.49. The number of benzene rings is 3. The Morgan fingerprint density at radius 1 is 0.852 bits per heavy atom. The summed E-state index contributed by atoms with van der Waals surface area (Å²) in [7, 11) is -3.62. The fraction of sp³-hybridized carbons (Fsp3) is 0.553. The molecule has 4 atom stereocenters. The summed E-state index contributed by atoms with van der Waals surface area (Å²) in [5.74, 6) is 1.87. The molecule has 0 aliphatic heterocycles. The van der Waals surface area contributed by atoms with Crippen molar-refractivity contribution >= 4 is 15.8 Å². The second-order valence-electron chi connectivity index (χ2n) is 18.6. The normalized spacial score (nSPS) is 33.7. The summed E-state index contributed by atoms with van der Waals surface area (Å²) in [6.07, 6.45) is 14.6. The van der Waals surface area contributed by atoms with Gasteiger partial charge in [-0.05, 0) is 148 Å². The molecule has 7 aliphatic carbocycles. The predicted molar refractivity (Wildman–Crippen MR) is 216 cm³/mol. The molecule has 4 unspecified atom stereocenters. The monoisotopic (exact) mass is 749 g/mol. The molecule has 3 aromatic carbocycles. The van der Waals surface area contributed by atoms with Crippen LogP contribution in [-0.4, -0.2) is 59.8 Å². The molecule has 7 heteroatoms. The zero-order chi connectivity index (χ0) is 37.9. The molecule has 54 heavy (non-hydrogen) atoms. The average molecular weight is 750 g/mol. The van der Waals surface area contributed by atoms with Crippen molar-refractivity contribution in [1.82, 2.24) is 4.31 Å². The van der Waals surface area contributed by atoms with Gasteiger partial charge < -0.3 is 10.2 Å². The Labute approximate surface area is 323 Å². The Hall–Kier alpha value is -3.10. The summed E-state index contributed by atoms with van der Waals surface area (Å²) in [4.78, 5) is 15.0. The zero-order valence-corrected chi connectivity index (χ0v) is 33.3. The lowest BCUT2D eigenvalue weighted by Gasteiger charge is -2.58. The first-order valence-electron chi connectivity index (χ1n) is 20.6. The molecule has 0 amide bonds. The number of nitrogens with zero attached hydrogens (tertiary/aromatic N) is 1.